The predicted octanol–water partition coefficient (Wildman–Crippen LogP) is 4.11. The number of rotatable bonds is 7. The van der Waals surface area contributed by atoms with Crippen LogP contribution in [0, 0.1) is 0 Å². The van der Waals surface area contributed by atoms with Crippen LogP contribution in [0.25, 0.3) is 10.8 Å². The van der Waals surface area contributed by atoms with Crippen molar-refractivity contribution in [3.8, 4) is 5.75 Å². The SMILES string of the molecule is COc1ccc(C2C(C(=O)OCc3ccc(Cn4cccn4)cc3)=C(C)Nc3nnnn32)c2ccccc12. The quantitative estimate of drug-likeness (QED) is 0.328. The van der Waals surface area contributed by atoms with Gasteiger partial charge in [-0.25, -0.2) is 4.79 Å². The number of hydrogen-bond acceptors (Lipinski definition) is 8. The minimum absolute atomic E-state index is 0.135. The standard InChI is InChI=1S/C28H25N7O3/c1-18-25(27(36)38-17-20-10-8-19(9-11-20)16-34-15-5-14-29-34)26(35-28(30-18)31-32-33-35)23-12-13-24(37-2)22-7-4-3-6-21(22)23/h3-15,26H,16-17H2,1-2H3,(H,30,31,33). The Bertz CT molecular complexity index is 1640. The van der Waals surface area contributed by atoms with Crippen molar-refractivity contribution in [2.45, 2.75) is 26.1 Å². The van der Waals surface area contributed by atoms with Gasteiger partial charge in [-0.1, -0.05) is 59.7 Å². The van der Waals surface area contributed by atoms with E-state index in [-0.39, 0.29) is 6.61 Å². The lowest BCUT2D eigenvalue weighted by molar-refractivity contribution is -0.140. The van der Waals surface area contributed by atoms with Crippen LogP contribution in [0.15, 0.2) is 90.4 Å². The van der Waals surface area contributed by atoms with Gasteiger partial charge in [0.15, 0.2) is 0 Å². The summed E-state index contributed by atoms with van der Waals surface area (Å²) in [4.78, 5) is 13.6. The topological polar surface area (TPSA) is 109 Å². The summed E-state index contributed by atoms with van der Waals surface area (Å²) in [5, 5.41) is 21.4. The van der Waals surface area contributed by atoms with Gasteiger partial charge in [-0.3, -0.25) is 4.68 Å². The van der Waals surface area contributed by atoms with Crippen molar-refractivity contribution in [3.63, 3.8) is 0 Å². The zero-order valence-corrected chi connectivity index (χ0v) is 20.9. The van der Waals surface area contributed by atoms with Crippen molar-refractivity contribution in [1.29, 1.82) is 0 Å². The molecular formula is C28H25N7O3. The van der Waals surface area contributed by atoms with Gasteiger partial charge in [-0.15, -0.1) is 0 Å². The molecule has 0 amide bonds. The van der Waals surface area contributed by atoms with Gasteiger partial charge in [0.05, 0.1) is 19.2 Å². The first-order valence-corrected chi connectivity index (χ1v) is 12.2. The van der Waals surface area contributed by atoms with Gasteiger partial charge < -0.3 is 14.8 Å². The monoisotopic (exact) mass is 507 g/mol. The molecule has 0 saturated heterocycles. The Hall–Kier alpha value is -4.99. The Morgan fingerprint density at radius 3 is 2.55 bits per heavy atom. The van der Waals surface area contributed by atoms with Crippen LogP contribution < -0.4 is 10.1 Å². The number of carbonyl (C=O) groups excluding carboxylic acids is 1. The molecule has 1 N–H and O–H groups in total. The Kier molecular flexibility index (Phi) is 6.04. The maximum atomic E-state index is 13.6. The number of anilines is 1. The summed E-state index contributed by atoms with van der Waals surface area (Å²) in [5.74, 6) is 0.759. The highest BCUT2D eigenvalue weighted by molar-refractivity contribution is 5.96. The second-order valence-corrected chi connectivity index (χ2v) is 9.01. The molecule has 1 aliphatic rings. The number of tetrazole rings is 1. The minimum atomic E-state index is -0.582. The maximum absolute atomic E-state index is 13.6. The van der Waals surface area contributed by atoms with Gasteiger partial charge >= 0.3 is 5.97 Å². The number of ether oxygens (including phenoxy) is 2. The number of aromatic nitrogens is 6. The van der Waals surface area contributed by atoms with Crippen molar-refractivity contribution in [2.75, 3.05) is 12.4 Å². The molecule has 0 bridgehead atoms. The van der Waals surface area contributed by atoms with E-state index >= 15 is 0 Å². The van der Waals surface area contributed by atoms with Crippen molar-refractivity contribution in [3.05, 3.63) is 107 Å². The average molecular weight is 508 g/mol. The fourth-order valence-electron chi connectivity index (χ4n) is 4.82. The van der Waals surface area contributed by atoms with Crippen LogP contribution in [-0.4, -0.2) is 43.1 Å². The van der Waals surface area contributed by atoms with Crippen LogP contribution in [0.2, 0.25) is 0 Å². The van der Waals surface area contributed by atoms with Crippen LogP contribution in [0.4, 0.5) is 5.95 Å². The van der Waals surface area contributed by atoms with Crippen molar-refractivity contribution in [2.24, 2.45) is 0 Å². The highest BCUT2D eigenvalue weighted by atomic mass is 16.5. The van der Waals surface area contributed by atoms with Gasteiger partial charge in [0.2, 0.25) is 5.95 Å². The third-order valence-electron chi connectivity index (χ3n) is 6.66. The van der Waals surface area contributed by atoms with Crippen molar-refractivity contribution in [1.82, 2.24) is 30.0 Å². The second-order valence-electron chi connectivity index (χ2n) is 9.01. The van der Waals surface area contributed by atoms with E-state index in [2.05, 4.69) is 25.9 Å². The number of hydrogen-bond donors (Lipinski definition) is 1. The van der Waals surface area contributed by atoms with E-state index in [1.807, 2.05) is 84.5 Å². The predicted molar refractivity (Wildman–Crippen MR) is 140 cm³/mol. The molecule has 1 unspecified atom stereocenters. The first-order chi connectivity index (χ1) is 18.6. The fraction of sp³-hybridized carbons (Fsp3) is 0.179. The largest absolute Gasteiger partial charge is 0.496 e. The number of methoxy groups -OCH3 is 1. The number of esters is 1. The highest BCUT2D eigenvalue weighted by Crippen LogP contribution is 2.40. The van der Waals surface area contributed by atoms with Gasteiger partial charge in [0.1, 0.15) is 18.4 Å². The first kappa shape index (κ1) is 23.4. The van der Waals surface area contributed by atoms with E-state index in [0.717, 1.165) is 33.2 Å². The second kappa shape index (κ2) is 9.81. The zero-order chi connectivity index (χ0) is 26.1. The molecule has 0 spiro atoms. The number of nitrogens with zero attached hydrogens (tertiary/aromatic N) is 6. The molecule has 1 aliphatic heterocycles. The smallest absolute Gasteiger partial charge is 0.338 e. The molecule has 0 aliphatic carbocycles. The summed E-state index contributed by atoms with van der Waals surface area (Å²) in [6, 6.07) is 21.0. The molecule has 6 rings (SSSR count). The fourth-order valence-corrected chi connectivity index (χ4v) is 4.82. The van der Waals surface area contributed by atoms with Crippen LogP contribution in [0.1, 0.15) is 29.7 Å². The molecule has 3 heterocycles. The summed E-state index contributed by atoms with van der Waals surface area (Å²) in [6.07, 6.45) is 3.67. The minimum Gasteiger partial charge on any atom is -0.496 e. The molecule has 0 fully saturated rings. The number of carbonyl (C=O) groups is 1. The van der Waals surface area contributed by atoms with E-state index in [1.165, 1.54) is 0 Å². The van der Waals surface area contributed by atoms with Crippen LogP contribution in [-0.2, 0) is 22.7 Å². The Morgan fingerprint density at radius 2 is 1.79 bits per heavy atom. The maximum Gasteiger partial charge on any atom is 0.338 e. The Labute approximate surface area is 218 Å². The Balaban J connectivity index is 1.29. The first-order valence-electron chi connectivity index (χ1n) is 12.2. The molecular weight excluding hydrogens is 482 g/mol. The van der Waals surface area contributed by atoms with Crippen LogP contribution >= 0.6 is 0 Å². The zero-order valence-electron chi connectivity index (χ0n) is 20.9. The van der Waals surface area contributed by atoms with Gasteiger partial charge in [-0.05, 0) is 51.6 Å². The molecule has 5 aromatic rings. The van der Waals surface area contributed by atoms with Gasteiger partial charge in [-0.2, -0.15) is 9.78 Å². The van der Waals surface area contributed by atoms with E-state index in [4.69, 9.17) is 9.47 Å². The van der Waals surface area contributed by atoms with Crippen molar-refractivity contribution < 1.29 is 14.3 Å². The van der Waals surface area contributed by atoms with Gasteiger partial charge in [0, 0.05) is 23.5 Å². The van der Waals surface area contributed by atoms with Crippen LogP contribution in [0.5, 0.6) is 5.75 Å². The summed E-state index contributed by atoms with van der Waals surface area (Å²) in [7, 11) is 1.64. The normalized spacial score (nSPS) is 14.7. The Morgan fingerprint density at radius 1 is 1.00 bits per heavy atom. The van der Waals surface area contributed by atoms with E-state index in [0.29, 0.717) is 23.8 Å². The number of benzene rings is 3. The average Bonchev–Trinajstić information content (AvgIpc) is 3.63. The molecule has 3 aromatic carbocycles. The van der Waals surface area contributed by atoms with Gasteiger partial charge in [0.25, 0.3) is 0 Å². The molecule has 38 heavy (non-hydrogen) atoms. The lowest BCUT2D eigenvalue weighted by Crippen LogP contribution is -2.29. The molecule has 10 heteroatoms. The van der Waals surface area contributed by atoms with E-state index in [9.17, 15) is 4.79 Å². The summed E-state index contributed by atoms with van der Waals surface area (Å²) in [6.45, 7) is 2.64. The molecule has 10 nitrogen and oxygen atoms in total. The van der Waals surface area contributed by atoms with E-state index in [1.54, 1.807) is 18.0 Å². The van der Waals surface area contributed by atoms with Crippen LogP contribution in [0.3, 0.4) is 0 Å². The van der Waals surface area contributed by atoms with Crippen molar-refractivity contribution >= 4 is 22.7 Å². The number of fused-ring (bicyclic) bond motifs is 2. The third kappa shape index (κ3) is 4.26. The third-order valence-corrected chi connectivity index (χ3v) is 6.66. The summed E-state index contributed by atoms with van der Waals surface area (Å²) >= 11 is 0. The lowest BCUT2D eigenvalue weighted by Gasteiger charge is -2.28. The molecule has 0 saturated carbocycles. The summed E-state index contributed by atoms with van der Waals surface area (Å²) in [5.41, 5.74) is 3.94. The lowest BCUT2D eigenvalue weighted by atomic mass is 9.91. The molecule has 0 radical (unpaired) electrons. The molecule has 1 atom stereocenters. The molecule has 2 aromatic heterocycles. The van der Waals surface area contributed by atoms with E-state index < -0.39 is 12.0 Å². The number of allylic oxidation sites excluding steroid dienone is 1. The number of nitrogens with one attached hydrogen (secondary N) is 1. The summed E-state index contributed by atoms with van der Waals surface area (Å²) < 4.78 is 14.9. The molecule has 190 valence electrons. The highest BCUT2D eigenvalue weighted by Gasteiger charge is 2.36.